The van der Waals surface area contributed by atoms with Gasteiger partial charge in [-0.25, -0.2) is 4.98 Å². The minimum Gasteiger partial charge on any atom is -0.496 e. The van der Waals surface area contributed by atoms with E-state index in [-0.39, 0.29) is 24.0 Å². The van der Waals surface area contributed by atoms with E-state index in [2.05, 4.69) is 50.0 Å². The van der Waals surface area contributed by atoms with Crippen molar-refractivity contribution in [2.45, 2.75) is 25.8 Å². The molecule has 2 atom stereocenters. The minimum atomic E-state index is 0. The lowest BCUT2D eigenvalue weighted by atomic mass is 9.93. The predicted molar refractivity (Wildman–Crippen MR) is 120 cm³/mol. The maximum absolute atomic E-state index is 5.44. The van der Waals surface area contributed by atoms with E-state index in [0.29, 0.717) is 12.0 Å². The van der Waals surface area contributed by atoms with Crippen LogP contribution in [0, 0.1) is 5.92 Å². The molecule has 7 heteroatoms. The van der Waals surface area contributed by atoms with E-state index < -0.39 is 0 Å². The fraction of sp³-hybridized carbons (Fsp3) is 0.500. The van der Waals surface area contributed by atoms with Gasteiger partial charge in [0.2, 0.25) is 0 Å². The highest BCUT2D eigenvalue weighted by Gasteiger charge is 2.28. The van der Waals surface area contributed by atoms with Gasteiger partial charge >= 0.3 is 0 Å². The summed E-state index contributed by atoms with van der Waals surface area (Å²) >= 11 is 0. The van der Waals surface area contributed by atoms with Crippen LogP contribution in [-0.2, 0) is 6.42 Å². The van der Waals surface area contributed by atoms with Crippen molar-refractivity contribution in [1.82, 2.24) is 19.8 Å². The van der Waals surface area contributed by atoms with Gasteiger partial charge in [0, 0.05) is 39.1 Å². The third-order valence-electron chi connectivity index (χ3n) is 5.21. The summed E-state index contributed by atoms with van der Waals surface area (Å²) in [6.07, 6.45) is 7.88. The van der Waals surface area contributed by atoms with E-state index in [1.807, 2.05) is 31.7 Å². The van der Waals surface area contributed by atoms with E-state index in [9.17, 15) is 0 Å². The number of para-hydroxylation sites is 1. The zero-order valence-corrected chi connectivity index (χ0v) is 18.7. The number of likely N-dealkylation sites (tertiary alicyclic amines) is 1. The smallest absolute Gasteiger partial charge is 0.193 e. The van der Waals surface area contributed by atoms with Gasteiger partial charge in [0.15, 0.2) is 5.96 Å². The molecule has 0 amide bonds. The van der Waals surface area contributed by atoms with E-state index in [0.717, 1.165) is 44.2 Å². The Morgan fingerprint density at radius 2 is 2.19 bits per heavy atom. The lowest BCUT2D eigenvalue weighted by Gasteiger charge is -2.39. The molecule has 148 valence electrons. The lowest BCUT2D eigenvalue weighted by Crippen LogP contribution is -2.49. The Balaban J connectivity index is 0.00000261. The fourth-order valence-corrected chi connectivity index (χ4v) is 3.65. The summed E-state index contributed by atoms with van der Waals surface area (Å²) in [5, 5.41) is 3.52. The maximum Gasteiger partial charge on any atom is 0.193 e. The van der Waals surface area contributed by atoms with Crippen LogP contribution in [0.15, 0.2) is 48.0 Å². The molecule has 1 aromatic heterocycles. The first-order valence-corrected chi connectivity index (χ1v) is 9.28. The first-order valence-electron chi connectivity index (χ1n) is 9.28. The molecule has 2 heterocycles. The average Bonchev–Trinajstić information content (AvgIpc) is 3.21. The Morgan fingerprint density at radius 3 is 2.89 bits per heavy atom. The molecule has 2 aromatic rings. The standard InChI is InChI=1S/C20H29N5O.HI/c1-16-9-12-24(14-18(16)25-13-11-22-15-25)20(21-2)23-10-8-17-6-4-5-7-19(17)26-3;/h4-7,11,13,15-16,18H,8-10,12,14H2,1-3H3,(H,21,23);1H. The molecule has 6 nitrogen and oxygen atoms in total. The number of guanidine groups is 1. The number of nitrogens with zero attached hydrogens (tertiary/aromatic N) is 4. The third kappa shape index (κ3) is 5.37. The highest BCUT2D eigenvalue weighted by atomic mass is 127. The Kier molecular flexibility index (Phi) is 8.40. The maximum atomic E-state index is 5.44. The topological polar surface area (TPSA) is 54.7 Å². The Hall–Kier alpha value is -1.77. The first kappa shape index (κ1) is 21.5. The van der Waals surface area contributed by atoms with Gasteiger partial charge in [-0.05, 0) is 30.4 Å². The van der Waals surface area contributed by atoms with Crippen molar-refractivity contribution >= 4 is 29.9 Å². The van der Waals surface area contributed by atoms with Crippen LogP contribution in [0.25, 0.3) is 0 Å². The van der Waals surface area contributed by atoms with Crippen LogP contribution in [0.1, 0.15) is 24.9 Å². The second-order valence-electron chi connectivity index (χ2n) is 6.83. The van der Waals surface area contributed by atoms with Crippen molar-refractivity contribution in [3.63, 3.8) is 0 Å². The summed E-state index contributed by atoms with van der Waals surface area (Å²) in [5.41, 5.74) is 1.21. The number of aromatic nitrogens is 2. The average molecular weight is 483 g/mol. The first-order chi connectivity index (χ1) is 12.7. The minimum absolute atomic E-state index is 0. The molecule has 0 spiro atoms. The van der Waals surface area contributed by atoms with E-state index in [4.69, 9.17) is 4.74 Å². The molecule has 2 unspecified atom stereocenters. The summed E-state index contributed by atoms with van der Waals surface area (Å²) in [6, 6.07) is 8.60. The van der Waals surface area contributed by atoms with Gasteiger partial charge in [0.1, 0.15) is 5.75 Å². The molecule has 3 rings (SSSR count). The van der Waals surface area contributed by atoms with Crippen molar-refractivity contribution < 1.29 is 4.74 Å². The second-order valence-corrected chi connectivity index (χ2v) is 6.83. The highest BCUT2D eigenvalue weighted by Crippen LogP contribution is 2.27. The van der Waals surface area contributed by atoms with Crippen LogP contribution >= 0.6 is 24.0 Å². The molecular weight excluding hydrogens is 453 g/mol. The molecule has 1 aromatic carbocycles. The van der Waals surface area contributed by atoms with Crippen molar-refractivity contribution in [2.24, 2.45) is 10.9 Å². The third-order valence-corrected chi connectivity index (χ3v) is 5.21. The molecule has 0 aliphatic carbocycles. The monoisotopic (exact) mass is 483 g/mol. The fourth-order valence-electron chi connectivity index (χ4n) is 3.65. The number of piperidine rings is 1. The summed E-state index contributed by atoms with van der Waals surface area (Å²) < 4.78 is 7.66. The van der Waals surface area contributed by atoms with Crippen molar-refractivity contribution in [1.29, 1.82) is 0 Å². The number of nitrogens with one attached hydrogen (secondary N) is 1. The van der Waals surface area contributed by atoms with Gasteiger partial charge in [-0.2, -0.15) is 0 Å². The number of benzene rings is 1. The molecule has 1 aliphatic heterocycles. The number of hydrogen-bond acceptors (Lipinski definition) is 3. The van der Waals surface area contributed by atoms with Gasteiger partial charge < -0.3 is 19.5 Å². The number of hydrogen-bond donors (Lipinski definition) is 1. The molecule has 1 fully saturated rings. The number of aliphatic imine (C=N–C) groups is 1. The van der Waals surface area contributed by atoms with Crippen LogP contribution in [-0.4, -0.2) is 54.2 Å². The molecular formula is C20H30IN5O. The van der Waals surface area contributed by atoms with E-state index >= 15 is 0 Å². The number of rotatable bonds is 5. The van der Waals surface area contributed by atoms with Gasteiger partial charge in [-0.3, -0.25) is 4.99 Å². The number of methoxy groups -OCH3 is 1. The Bertz CT molecular complexity index is 719. The van der Waals surface area contributed by atoms with Crippen molar-refractivity contribution in [3.05, 3.63) is 48.5 Å². The number of halogens is 1. The van der Waals surface area contributed by atoms with E-state index in [1.54, 1.807) is 7.11 Å². The van der Waals surface area contributed by atoms with Crippen LogP contribution in [0.2, 0.25) is 0 Å². The van der Waals surface area contributed by atoms with Gasteiger partial charge in [-0.1, -0.05) is 25.1 Å². The van der Waals surface area contributed by atoms with Crippen LogP contribution in [0.4, 0.5) is 0 Å². The number of ether oxygens (including phenoxy) is 1. The highest BCUT2D eigenvalue weighted by molar-refractivity contribution is 14.0. The predicted octanol–water partition coefficient (Wildman–Crippen LogP) is 3.21. The zero-order valence-electron chi connectivity index (χ0n) is 16.3. The second kappa shape index (κ2) is 10.5. The summed E-state index contributed by atoms with van der Waals surface area (Å²) in [6.45, 7) is 5.13. The molecule has 1 saturated heterocycles. The van der Waals surface area contributed by atoms with Crippen LogP contribution in [0.3, 0.4) is 0 Å². The number of imidazole rings is 1. The van der Waals surface area contributed by atoms with Crippen molar-refractivity contribution in [2.75, 3.05) is 33.8 Å². The molecule has 0 saturated carbocycles. The molecule has 27 heavy (non-hydrogen) atoms. The van der Waals surface area contributed by atoms with Gasteiger partial charge in [-0.15, -0.1) is 24.0 Å². The van der Waals surface area contributed by atoms with Gasteiger partial charge in [0.25, 0.3) is 0 Å². The largest absolute Gasteiger partial charge is 0.496 e. The normalized spacial score (nSPS) is 20.1. The molecule has 1 aliphatic rings. The summed E-state index contributed by atoms with van der Waals surface area (Å²) in [7, 11) is 3.58. The van der Waals surface area contributed by atoms with Gasteiger partial charge in [0.05, 0.1) is 19.5 Å². The summed E-state index contributed by atoms with van der Waals surface area (Å²) in [4.78, 5) is 11.1. The van der Waals surface area contributed by atoms with Crippen molar-refractivity contribution in [3.8, 4) is 5.75 Å². The lowest BCUT2D eigenvalue weighted by molar-refractivity contribution is 0.189. The van der Waals surface area contributed by atoms with E-state index in [1.165, 1.54) is 5.56 Å². The summed E-state index contributed by atoms with van der Waals surface area (Å²) in [5.74, 6) is 2.54. The molecule has 1 N–H and O–H groups in total. The Labute approximate surface area is 179 Å². The molecule has 0 radical (unpaired) electrons. The molecule has 0 bridgehead atoms. The zero-order chi connectivity index (χ0) is 18.4. The van der Waals surface area contributed by atoms with Crippen LogP contribution < -0.4 is 10.1 Å². The SMILES string of the molecule is CN=C(NCCc1ccccc1OC)N1CCC(C)C(n2ccnc2)C1.I. The van der Waals surface area contributed by atoms with Crippen LogP contribution in [0.5, 0.6) is 5.75 Å². The quantitative estimate of drug-likeness (QED) is 0.403. The Morgan fingerprint density at radius 1 is 1.37 bits per heavy atom.